The predicted molar refractivity (Wildman–Crippen MR) is 103 cm³/mol. The smallest absolute Gasteiger partial charge is 0.317 e. The Morgan fingerprint density at radius 2 is 1.88 bits per heavy atom. The Balaban J connectivity index is 1.60. The molecular weight excluding hydrogens is 352 g/mol. The molecule has 0 saturated carbocycles. The van der Waals surface area contributed by atoms with Crippen molar-refractivity contribution < 1.29 is 4.79 Å². The van der Waals surface area contributed by atoms with Gasteiger partial charge in [-0.2, -0.15) is 0 Å². The van der Waals surface area contributed by atoms with Gasteiger partial charge in [0.15, 0.2) is 5.82 Å². The molecule has 1 aliphatic rings. The number of aromatic nitrogens is 3. The van der Waals surface area contributed by atoms with E-state index in [2.05, 4.69) is 20.2 Å². The van der Waals surface area contributed by atoms with Crippen LogP contribution in [0.5, 0.6) is 0 Å². The van der Waals surface area contributed by atoms with E-state index >= 15 is 0 Å². The summed E-state index contributed by atoms with van der Waals surface area (Å²) in [5.74, 6) is 1.49. The number of piperazine rings is 1. The molecule has 3 aromatic rings. The zero-order valence-electron chi connectivity index (χ0n) is 14.4. The summed E-state index contributed by atoms with van der Waals surface area (Å²) in [5.41, 5.74) is 2.46. The summed E-state index contributed by atoms with van der Waals surface area (Å²) >= 11 is 6.38. The lowest BCUT2D eigenvalue weighted by atomic mass is 10.3. The number of anilines is 1. The Bertz CT molecular complexity index is 915. The largest absolute Gasteiger partial charge is 0.353 e. The van der Waals surface area contributed by atoms with Crippen LogP contribution in [0.25, 0.3) is 22.6 Å². The van der Waals surface area contributed by atoms with Crippen LogP contribution in [-0.2, 0) is 0 Å². The van der Waals surface area contributed by atoms with Gasteiger partial charge in [0.2, 0.25) is 0 Å². The van der Waals surface area contributed by atoms with Gasteiger partial charge in [-0.1, -0.05) is 23.7 Å². The van der Waals surface area contributed by atoms with Crippen molar-refractivity contribution in [2.75, 3.05) is 38.1 Å². The molecule has 4 rings (SSSR count). The van der Waals surface area contributed by atoms with Crippen LogP contribution in [0.2, 0.25) is 5.02 Å². The molecule has 0 radical (unpaired) electrons. The van der Waals surface area contributed by atoms with Crippen molar-refractivity contribution in [1.82, 2.24) is 25.2 Å². The highest BCUT2D eigenvalue weighted by Crippen LogP contribution is 2.28. The number of carbonyl (C=O) groups is 1. The Labute approximate surface area is 156 Å². The normalized spacial score (nSPS) is 14.7. The number of hydrogen-bond donors (Lipinski definition) is 2. The molecule has 2 amide bonds. The molecule has 1 fully saturated rings. The minimum absolute atomic E-state index is 0.0447. The molecule has 7 nitrogen and oxygen atoms in total. The second kappa shape index (κ2) is 6.84. The van der Waals surface area contributed by atoms with Crippen LogP contribution >= 0.6 is 11.6 Å². The number of para-hydroxylation sites is 2. The molecular formula is C18H19ClN6O. The molecule has 8 heteroatoms. The van der Waals surface area contributed by atoms with Gasteiger partial charge in [-0.15, -0.1) is 0 Å². The maximum Gasteiger partial charge on any atom is 0.317 e. The zero-order chi connectivity index (χ0) is 18.1. The van der Waals surface area contributed by atoms with Crippen LogP contribution < -0.4 is 10.2 Å². The first-order chi connectivity index (χ1) is 12.7. The van der Waals surface area contributed by atoms with E-state index in [1.807, 2.05) is 36.4 Å². The van der Waals surface area contributed by atoms with Crippen molar-refractivity contribution in [2.45, 2.75) is 0 Å². The highest BCUT2D eigenvalue weighted by molar-refractivity contribution is 6.33. The summed E-state index contributed by atoms with van der Waals surface area (Å²) in [5, 5.41) is 3.22. The first-order valence-corrected chi connectivity index (χ1v) is 8.87. The number of rotatable bonds is 2. The quantitative estimate of drug-likeness (QED) is 0.727. The number of fused-ring (bicyclic) bond motifs is 1. The van der Waals surface area contributed by atoms with Gasteiger partial charge in [-0.25, -0.2) is 14.8 Å². The fourth-order valence-corrected chi connectivity index (χ4v) is 3.33. The molecule has 134 valence electrons. The maximum atomic E-state index is 11.7. The van der Waals surface area contributed by atoms with E-state index in [-0.39, 0.29) is 6.03 Å². The van der Waals surface area contributed by atoms with E-state index in [0.29, 0.717) is 29.6 Å². The van der Waals surface area contributed by atoms with Crippen molar-refractivity contribution in [1.29, 1.82) is 0 Å². The van der Waals surface area contributed by atoms with Crippen molar-refractivity contribution >= 4 is 34.5 Å². The topological polar surface area (TPSA) is 77.2 Å². The first-order valence-electron chi connectivity index (χ1n) is 8.49. The molecule has 1 aliphatic heterocycles. The van der Waals surface area contributed by atoms with Crippen LogP contribution in [0.3, 0.4) is 0 Å². The summed E-state index contributed by atoms with van der Waals surface area (Å²) in [6.07, 6.45) is 0. The average molecular weight is 371 g/mol. The van der Waals surface area contributed by atoms with Gasteiger partial charge in [-0.05, 0) is 24.3 Å². The minimum Gasteiger partial charge on any atom is -0.353 e. The number of pyridine rings is 1. The van der Waals surface area contributed by atoms with E-state index in [4.69, 9.17) is 16.6 Å². The zero-order valence-corrected chi connectivity index (χ0v) is 15.1. The van der Waals surface area contributed by atoms with Gasteiger partial charge in [0.05, 0.1) is 16.1 Å². The van der Waals surface area contributed by atoms with Gasteiger partial charge < -0.3 is 20.1 Å². The van der Waals surface area contributed by atoms with E-state index in [1.54, 1.807) is 11.9 Å². The van der Waals surface area contributed by atoms with E-state index in [0.717, 1.165) is 29.9 Å². The third-order valence-corrected chi connectivity index (χ3v) is 4.85. The Morgan fingerprint density at radius 1 is 1.12 bits per heavy atom. The number of halogens is 1. The van der Waals surface area contributed by atoms with Crippen molar-refractivity contribution in [3.63, 3.8) is 0 Å². The van der Waals surface area contributed by atoms with E-state index in [1.165, 1.54) is 0 Å². The molecule has 0 atom stereocenters. The molecule has 1 aromatic carbocycles. The predicted octanol–water partition coefficient (Wildman–Crippen LogP) is 2.74. The highest BCUT2D eigenvalue weighted by atomic mass is 35.5. The Kier molecular flexibility index (Phi) is 4.38. The second-order valence-electron chi connectivity index (χ2n) is 6.13. The number of amides is 2. The summed E-state index contributed by atoms with van der Waals surface area (Å²) < 4.78 is 0. The molecule has 3 heterocycles. The minimum atomic E-state index is -0.0447. The fourth-order valence-electron chi connectivity index (χ4n) is 3.14. The number of nitrogens with one attached hydrogen (secondary N) is 2. The van der Waals surface area contributed by atoms with Crippen molar-refractivity contribution in [3.8, 4) is 11.5 Å². The fraction of sp³-hybridized carbons (Fsp3) is 0.278. The number of hydrogen-bond acceptors (Lipinski definition) is 4. The number of carbonyl (C=O) groups excluding carboxylic acids is 1. The van der Waals surface area contributed by atoms with Crippen LogP contribution in [0.1, 0.15) is 0 Å². The standard InChI is InChI=1S/C18H19ClN6O/c1-20-18(26)25-10-8-24(9-11-25)15-7-6-12(19)16(23-15)17-21-13-4-2-3-5-14(13)22-17/h2-7H,8-11H2,1H3,(H,20,26)(H,21,22). The lowest BCUT2D eigenvalue weighted by Crippen LogP contribution is -2.51. The maximum absolute atomic E-state index is 11.7. The molecule has 0 spiro atoms. The van der Waals surface area contributed by atoms with Crippen molar-refractivity contribution in [3.05, 3.63) is 41.4 Å². The number of aromatic amines is 1. The van der Waals surface area contributed by atoms with Crippen LogP contribution in [0.15, 0.2) is 36.4 Å². The van der Waals surface area contributed by atoms with E-state index < -0.39 is 0 Å². The summed E-state index contributed by atoms with van der Waals surface area (Å²) in [4.78, 5) is 28.3. The van der Waals surface area contributed by atoms with Gasteiger partial charge in [-0.3, -0.25) is 0 Å². The number of imidazole rings is 1. The molecule has 0 unspecified atom stereocenters. The molecule has 2 N–H and O–H groups in total. The van der Waals surface area contributed by atoms with Crippen LogP contribution in [0, 0.1) is 0 Å². The molecule has 2 aromatic heterocycles. The van der Waals surface area contributed by atoms with Crippen LogP contribution in [0.4, 0.5) is 10.6 Å². The summed E-state index contributed by atoms with van der Waals surface area (Å²) in [6, 6.07) is 11.5. The van der Waals surface area contributed by atoms with Gasteiger partial charge in [0, 0.05) is 33.2 Å². The molecule has 0 aliphatic carbocycles. The molecule has 0 bridgehead atoms. The number of urea groups is 1. The van der Waals surface area contributed by atoms with Gasteiger partial charge in [0.1, 0.15) is 11.5 Å². The SMILES string of the molecule is CNC(=O)N1CCN(c2ccc(Cl)c(-c3nc4ccccc4[nH]3)n2)CC1. The average Bonchev–Trinajstić information content (AvgIpc) is 3.12. The summed E-state index contributed by atoms with van der Waals surface area (Å²) in [7, 11) is 1.65. The lowest BCUT2D eigenvalue weighted by Gasteiger charge is -2.35. The third kappa shape index (κ3) is 3.06. The van der Waals surface area contributed by atoms with Crippen molar-refractivity contribution in [2.24, 2.45) is 0 Å². The molecule has 1 saturated heterocycles. The number of nitrogens with zero attached hydrogens (tertiary/aromatic N) is 4. The highest BCUT2D eigenvalue weighted by Gasteiger charge is 2.22. The van der Waals surface area contributed by atoms with E-state index in [9.17, 15) is 4.79 Å². The van der Waals surface area contributed by atoms with Crippen LogP contribution in [-0.4, -0.2) is 59.1 Å². The molecule has 26 heavy (non-hydrogen) atoms. The Morgan fingerprint density at radius 3 is 2.62 bits per heavy atom. The Hall–Kier alpha value is -2.80. The van der Waals surface area contributed by atoms with Gasteiger partial charge >= 0.3 is 6.03 Å². The third-order valence-electron chi connectivity index (χ3n) is 4.55. The number of H-pyrrole nitrogens is 1. The first kappa shape index (κ1) is 16.7. The lowest BCUT2D eigenvalue weighted by molar-refractivity contribution is 0.196. The monoisotopic (exact) mass is 370 g/mol. The second-order valence-corrected chi connectivity index (χ2v) is 6.54. The number of benzene rings is 1. The van der Waals surface area contributed by atoms with Gasteiger partial charge in [0.25, 0.3) is 0 Å². The summed E-state index contributed by atoms with van der Waals surface area (Å²) in [6.45, 7) is 2.76.